The zero-order chi connectivity index (χ0) is 20.9. The van der Waals surface area contributed by atoms with Crippen molar-refractivity contribution in [3.8, 4) is 0 Å². The van der Waals surface area contributed by atoms with Gasteiger partial charge in [0.15, 0.2) is 30.1 Å². The smallest absolute Gasteiger partial charge is 0.261 e. The van der Waals surface area contributed by atoms with Crippen molar-refractivity contribution in [1.29, 1.82) is 0 Å². The van der Waals surface area contributed by atoms with E-state index in [2.05, 4.69) is 33.5 Å². The Balaban J connectivity index is 1.83. The molecule has 3 aliphatic heterocycles. The Kier molecular flexibility index (Phi) is 5.95. The van der Waals surface area contributed by atoms with Crippen molar-refractivity contribution in [3.63, 3.8) is 0 Å². The van der Waals surface area contributed by atoms with Crippen molar-refractivity contribution in [2.24, 2.45) is 5.92 Å². The van der Waals surface area contributed by atoms with Gasteiger partial charge in [-0.05, 0) is 59.3 Å². The summed E-state index contributed by atoms with van der Waals surface area (Å²) in [6.07, 6.45) is 0.0505. The Bertz CT molecular complexity index is 596. The molecule has 3 rings (SSSR count). The van der Waals surface area contributed by atoms with E-state index in [1.165, 1.54) is 0 Å². The molecule has 0 radical (unpaired) electrons. The highest BCUT2D eigenvalue weighted by molar-refractivity contribution is 6.70. The zero-order valence-electron chi connectivity index (χ0n) is 18.6. The van der Waals surface area contributed by atoms with Gasteiger partial charge in [-0.25, -0.2) is 0 Å². The number of ether oxygens (including phenoxy) is 6. The van der Waals surface area contributed by atoms with E-state index >= 15 is 0 Å². The predicted molar refractivity (Wildman–Crippen MR) is 106 cm³/mol. The Morgan fingerprint density at radius 2 is 1.68 bits per heavy atom. The molecule has 3 saturated heterocycles. The number of hydrogen-bond donors (Lipinski definition) is 0. The summed E-state index contributed by atoms with van der Waals surface area (Å²) in [5, 5.41) is 0. The molecule has 0 spiro atoms. The molecule has 28 heavy (non-hydrogen) atoms. The lowest BCUT2D eigenvalue weighted by Crippen LogP contribution is -2.44. The molecule has 0 amide bonds. The standard InChI is InChI=1S/C20H36O7Si/c1-12(2)10-14(27-28(7,8)9)22-16-15(13-11-21-19(3,4)24-13)23-18-17(16)25-20(5,6)26-18/h10,12-13,15-18H,11H2,1-9H3/b14-10+/t13-,15-,16+,17-,18-/m1/s1. The summed E-state index contributed by atoms with van der Waals surface area (Å²) in [5.74, 6) is -0.566. The van der Waals surface area contributed by atoms with E-state index in [-0.39, 0.29) is 24.2 Å². The fraction of sp³-hybridized carbons (Fsp3) is 0.900. The number of fused-ring (bicyclic) bond motifs is 1. The van der Waals surface area contributed by atoms with Crippen LogP contribution in [0, 0.1) is 5.92 Å². The minimum absolute atomic E-state index is 0.270. The molecule has 162 valence electrons. The lowest BCUT2D eigenvalue weighted by molar-refractivity contribution is -0.235. The third kappa shape index (κ3) is 5.28. The molecule has 0 bridgehead atoms. The van der Waals surface area contributed by atoms with Crippen LogP contribution in [0.5, 0.6) is 0 Å². The zero-order valence-corrected chi connectivity index (χ0v) is 19.6. The third-order valence-corrected chi connectivity index (χ3v) is 5.37. The van der Waals surface area contributed by atoms with Gasteiger partial charge in [0.25, 0.3) is 5.95 Å². The van der Waals surface area contributed by atoms with Crippen LogP contribution in [0.25, 0.3) is 0 Å². The molecule has 7 nitrogen and oxygen atoms in total. The highest BCUT2D eigenvalue weighted by atomic mass is 28.4. The van der Waals surface area contributed by atoms with Crippen molar-refractivity contribution >= 4 is 8.32 Å². The summed E-state index contributed by atoms with van der Waals surface area (Å²) in [4.78, 5) is 0. The maximum absolute atomic E-state index is 6.41. The van der Waals surface area contributed by atoms with Gasteiger partial charge in [0.1, 0.15) is 12.2 Å². The van der Waals surface area contributed by atoms with E-state index in [4.69, 9.17) is 32.8 Å². The van der Waals surface area contributed by atoms with Crippen molar-refractivity contribution in [1.82, 2.24) is 0 Å². The lowest BCUT2D eigenvalue weighted by Gasteiger charge is -2.31. The molecule has 0 aromatic carbocycles. The monoisotopic (exact) mass is 416 g/mol. The molecule has 0 aromatic rings. The molecular formula is C20H36O7Si. The van der Waals surface area contributed by atoms with Gasteiger partial charge < -0.3 is 32.8 Å². The fourth-order valence-corrected chi connectivity index (χ4v) is 4.34. The molecule has 5 atom stereocenters. The van der Waals surface area contributed by atoms with Crippen LogP contribution in [0.4, 0.5) is 0 Å². The van der Waals surface area contributed by atoms with Crippen molar-refractivity contribution in [2.45, 2.75) is 103 Å². The summed E-state index contributed by atoms with van der Waals surface area (Å²) in [6.45, 7) is 18.6. The summed E-state index contributed by atoms with van der Waals surface area (Å²) < 4.78 is 42.7. The van der Waals surface area contributed by atoms with Gasteiger partial charge in [-0.2, -0.15) is 0 Å². The maximum atomic E-state index is 6.41. The molecule has 8 heteroatoms. The molecule has 3 aliphatic rings. The minimum atomic E-state index is -1.86. The first-order valence-corrected chi connectivity index (χ1v) is 13.6. The largest absolute Gasteiger partial charge is 0.520 e. The molecule has 0 aliphatic carbocycles. The number of rotatable bonds is 6. The second-order valence-electron chi connectivity index (χ2n) is 9.96. The molecule has 0 unspecified atom stereocenters. The quantitative estimate of drug-likeness (QED) is 0.483. The Morgan fingerprint density at radius 3 is 2.21 bits per heavy atom. The van der Waals surface area contributed by atoms with Crippen LogP contribution < -0.4 is 0 Å². The van der Waals surface area contributed by atoms with Crippen molar-refractivity contribution in [3.05, 3.63) is 12.0 Å². The molecule has 3 heterocycles. The first-order valence-electron chi connectivity index (χ1n) is 10.2. The van der Waals surface area contributed by atoms with Gasteiger partial charge in [-0.3, -0.25) is 0 Å². The molecule has 3 fully saturated rings. The van der Waals surface area contributed by atoms with Crippen LogP contribution in [0.15, 0.2) is 12.0 Å². The number of hydrogen-bond acceptors (Lipinski definition) is 7. The normalized spacial score (nSPS) is 37.4. The van der Waals surface area contributed by atoms with Crippen LogP contribution in [0.2, 0.25) is 19.6 Å². The topological polar surface area (TPSA) is 64.6 Å². The van der Waals surface area contributed by atoms with E-state index < -0.39 is 32.3 Å². The summed E-state index contributed by atoms with van der Waals surface area (Å²) in [6, 6.07) is 0. The van der Waals surface area contributed by atoms with Crippen LogP contribution >= 0.6 is 0 Å². The van der Waals surface area contributed by atoms with Gasteiger partial charge >= 0.3 is 0 Å². The van der Waals surface area contributed by atoms with E-state index in [1.807, 2.05) is 33.8 Å². The Morgan fingerprint density at radius 1 is 1.00 bits per heavy atom. The first kappa shape index (κ1) is 22.1. The fourth-order valence-electron chi connectivity index (χ4n) is 3.62. The average molecular weight is 417 g/mol. The summed E-state index contributed by atoms with van der Waals surface area (Å²) in [5.41, 5.74) is 0. The highest BCUT2D eigenvalue weighted by Gasteiger charge is 2.60. The summed E-state index contributed by atoms with van der Waals surface area (Å²) >= 11 is 0. The Hall–Kier alpha value is -0.643. The Labute approximate surface area is 169 Å². The van der Waals surface area contributed by atoms with E-state index in [9.17, 15) is 0 Å². The highest BCUT2D eigenvalue weighted by Crippen LogP contribution is 2.42. The van der Waals surface area contributed by atoms with Crippen LogP contribution in [-0.2, 0) is 32.8 Å². The van der Waals surface area contributed by atoms with E-state index in [0.717, 1.165) is 0 Å². The second kappa shape index (κ2) is 7.56. The van der Waals surface area contributed by atoms with Gasteiger partial charge in [0.2, 0.25) is 8.32 Å². The maximum Gasteiger partial charge on any atom is 0.261 e. The summed E-state index contributed by atoms with van der Waals surface area (Å²) in [7, 11) is -1.86. The first-order chi connectivity index (χ1) is 12.7. The van der Waals surface area contributed by atoms with Gasteiger partial charge in [0.05, 0.1) is 6.61 Å². The van der Waals surface area contributed by atoms with Crippen LogP contribution in [-0.4, -0.2) is 57.2 Å². The van der Waals surface area contributed by atoms with E-state index in [1.54, 1.807) is 0 Å². The van der Waals surface area contributed by atoms with Crippen LogP contribution in [0.3, 0.4) is 0 Å². The van der Waals surface area contributed by atoms with Gasteiger partial charge in [0, 0.05) is 0 Å². The SMILES string of the molecule is CC(C)/C=C(\O[C@@H]1[C@H]2OC(C)(C)O[C@H]2O[C@@H]1[C@H]1COC(C)(C)O1)O[Si](C)(C)C. The molecular weight excluding hydrogens is 380 g/mol. The minimum Gasteiger partial charge on any atom is -0.520 e. The predicted octanol–water partition coefficient (Wildman–Crippen LogP) is 3.75. The number of allylic oxidation sites excluding steroid dienone is 1. The average Bonchev–Trinajstić information content (AvgIpc) is 3.07. The molecule has 0 N–H and O–H groups in total. The molecule has 0 aromatic heterocycles. The van der Waals surface area contributed by atoms with Gasteiger partial charge in [-0.15, -0.1) is 0 Å². The molecule has 0 saturated carbocycles. The van der Waals surface area contributed by atoms with Crippen LogP contribution in [0.1, 0.15) is 41.5 Å². The van der Waals surface area contributed by atoms with E-state index in [0.29, 0.717) is 12.6 Å². The van der Waals surface area contributed by atoms with Crippen molar-refractivity contribution < 1.29 is 32.8 Å². The second-order valence-corrected chi connectivity index (χ2v) is 14.4. The van der Waals surface area contributed by atoms with Crippen molar-refractivity contribution in [2.75, 3.05) is 6.61 Å². The lowest BCUT2D eigenvalue weighted by atomic mass is 10.1. The van der Waals surface area contributed by atoms with Gasteiger partial charge in [-0.1, -0.05) is 13.8 Å². The third-order valence-electron chi connectivity index (χ3n) is 4.55.